The molecule has 164 valence electrons. The van der Waals surface area contributed by atoms with Gasteiger partial charge >= 0.3 is 6.09 Å². The Kier molecular flexibility index (Phi) is 8.53. The smallest absolute Gasteiger partial charge is 0.410 e. The molecule has 0 aromatic heterocycles. The molecular formula is C24H41N3O2. The van der Waals surface area contributed by atoms with Crippen molar-refractivity contribution in [1.82, 2.24) is 15.1 Å². The molecule has 5 nitrogen and oxygen atoms in total. The average molecular weight is 404 g/mol. The van der Waals surface area contributed by atoms with E-state index < -0.39 is 5.60 Å². The van der Waals surface area contributed by atoms with Crippen molar-refractivity contribution in [3.63, 3.8) is 0 Å². The number of benzene rings is 1. The van der Waals surface area contributed by atoms with Gasteiger partial charge in [0.05, 0.1) is 0 Å². The topological polar surface area (TPSA) is 44.8 Å². The molecule has 1 aliphatic rings. The zero-order valence-corrected chi connectivity index (χ0v) is 19.4. The van der Waals surface area contributed by atoms with Crippen LogP contribution in [0.25, 0.3) is 0 Å². The number of carbonyl (C=O) groups excluding carboxylic acids is 1. The Morgan fingerprint density at radius 1 is 1.14 bits per heavy atom. The van der Waals surface area contributed by atoms with Gasteiger partial charge in [-0.2, -0.15) is 0 Å². The Labute approximate surface area is 177 Å². The summed E-state index contributed by atoms with van der Waals surface area (Å²) < 4.78 is 5.69. The van der Waals surface area contributed by atoms with Gasteiger partial charge in [0.2, 0.25) is 0 Å². The summed E-state index contributed by atoms with van der Waals surface area (Å²) in [6, 6.07) is 11.2. The first-order chi connectivity index (χ1) is 13.5. The van der Waals surface area contributed by atoms with Crippen molar-refractivity contribution in [3.05, 3.63) is 35.9 Å². The summed E-state index contributed by atoms with van der Waals surface area (Å²) in [5.41, 5.74) is 0.870. The molecule has 1 N–H and O–H groups in total. The lowest BCUT2D eigenvalue weighted by Crippen LogP contribution is -2.45. The van der Waals surface area contributed by atoms with Crippen LogP contribution in [0.2, 0.25) is 0 Å². The maximum Gasteiger partial charge on any atom is 0.410 e. The number of hydrogen-bond donors (Lipinski definition) is 1. The van der Waals surface area contributed by atoms with Crippen LogP contribution in [-0.4, -0.2) is 59.8 Å². The molecule has 1 aromatic rings. The normalized spacial score (nSPS) is 20.4. The third kappa shape index (κ3) is 7.98. The molecule has 2 atom stereocenters. The Morgan fingerprint density at radius 3 is 2.31 bits per heavy atom. The molecule has 0 bridgehead atoms. The lowest BCUT2D eigenvalue weighted by Gasteiger charge is -2.33. The van der Waals surface area contributed by atoms with Crippen molar-refractivity contribution in [3.8, 4) is 0 Å². The van der Waals surface area contributed by atoms with E-state index in [1.165, 1.54) is 5.56 Å². The molecule has 29 heavy (non-hydrogen) atoms. The van der Waals surface area contributed by atoms with Crippen LogP contribution >= 0.6 is 0 Å². The second-order valence-corrected chi connectivity index (χ2v) is 9.99. The number of nitrogens with zero attached hydrogens (tertiary/aromatic N) is 2. The molecule has 0 aliphatic carbocycles. The van der Waals surface area contributed by atoms with Crippen molar-refractivity contribution in [2.75, 3.05) is 26.2 Å². The number of rotatable bonds is 8. The predicted molar refractivity (Wildman–Crippen MR) is 120 cm³/mol. The molecule has 1 aromatic carbocycles. The first kappa shape index (κ1) is 23.7. The fraction of sp³-hybridized carbons (Fsp3) is 0.708. The van der Waals surface area contributed by atoms with Crippen LogP contribution < -0.4 is 5.32 Å². The first-order valence-corrected chi connectivity index (χ1v) is 11.0. The predicted octanol–water partition coefficient (Wildman–Crippen LogP) is 4.38. The van der Waals surface area contributed by atoms with Crippen molar-refractivity contribution < 1.29 is 9.53 Å². The molecule has 5 heteroatoms. The highest BCUT2D eigenvalue weighted by molar-refractivity contribution is 5.68. The van der Waals surface area contributed by atoms with E-state index in [4.69, 9.17) is 4.74 Å². The quantitative estimate of drug-likeness (QED) is 0.700. The van der Waals surface area contributed by atoms with Gasteiger partial charge in [0.15, 0.2) is 0 Å². The van der Waals surface area contributed by atoms with Crippen molar-refractivity contribution in [2.45, 2.75) is 72.7 Å². The number of amides is 1. The summed E-state index contributed by atoms with van der Waals surface area (Å²) in [4.78, 5) is 17.2. The SMILES string of the molecule is CC(C)NC[C@@H]1CN(Cc2ccccc2)C[C@H]1CN(C(=O)OC(C)(C)C)C(C)C. The van der Waals surface area contributed by atoms with Crippen molar-refractivity contribution >= 4 is 6.09 Å². The molecule has 1 amide bonds. The van der Waals surface area contributed by atoms with Gasteiger partial charge in [0.25, 0.3) is 0 Å². The minimum Gasteiger partial charge on any atom is -0.444 e. The molecule has 0 saturated carbocycles. The molecule has 2 rings (SSSR count). The summed E-state index contributed by atoms with van der Waals surface area (Å²) in [6.45, 7) is 19.0. The van der Waals surface area contributed by atoms with Gasteiger partial charge < -0.3 is 15.0 Å². The highest BCUT2D eigenvalue weighted by atomic mass is 16.6. The third-order valence-corrected chi connectivity index (χ3v) is 5.37. The lowest BCUT2D eigenvalue weighted by molar-refractivity contribution is 0.0146. The largest absolute Gasteiger partial charge is 0.444 e. The van der Waals surface area contributed by atoms with Gasteiger partial charge in [0.1, 0.15) is 5.60 Å². The van der Waals surface area contributed by atoms with E-state index >= 15 is 0 Å². The van der Waals surface area contributed by atoms with Crippen molar-refractivity contribution in [1.29, 1.82) is 0 Å². The Hall–Kier alpha value is -1.59. The van der Waals surface area contributed by atoms with Crippen LogP contribution in [0.15, 0.2) is 30.3 Å². The van der Waals surface area contributed by atoms with E-state index in [1.807, 2.05) is 25.7 Å². The van der Waals surface area contributed by atoms with Crippen LogP contribution in [0, 0.1) is 11.8 Å². The van der Waals surface area contributed by atoms with Gasteiger partial charge in [-0.15, -0.1) is 0 Å². The minimum absolute atomic E-state index is 0.117. The summed E-state index contributed by atoms with van der Waals surface area (Å²) in [5.74, 6) is 0.949. The average Bonchev–Trinajstić information content (AvgIpc) is 2.98. The van der Waals surface area contributed by atoms with Gasteiger partial charge in [-0.25, -0.2) is 4.79 Å². The number of hydrogen-bond acceptors (Lipinski definition) is 4. The van der Waals surface area contributed by atoms with E-state index in [0.717, 1.165) is 32.7 Å². The molecule has 1 heterocycles. The second-order valence-electron chi connectivity index (χ2n) is 9.99. The Balaban J connectivity index is 2.08. The second kappa shape index (κ2) is 10.4. The standard InChI is InChI=1S/C24H41N3O2/c1-18(2)25-13-21-15-26(14-20-11-9-8-10-12-20)16-22(21)17-27(19(3)4)23(28)29-24(5,6)7/h8-12,18-19,21-22,25H,13-17H2,1-7H3/t21-,22+/m1/s1. The fourth-order valence-electron chi connectivity index (χ4n) is 3.90. The van der Waals surface area contributed by atoms with E-state index in [1.54, 1.807) is 0 Å². The van der Waals surface area contributed by atoms with Crippen LogP contribution in [-0.2, 0) is 11.3 Å². The maximum absolute atomic E-state index is 12.8. The number of nitrogens with one attached hydrogen (secondary N) is 1. The molecule has 1 saturated heterocycles. The van der Waals surface area contributed by atoms with E-state index in [9.17, 15) is 4.79 Å². The number of carbonyl (C=O) groups is 1. The van der Waals surface area contributed by atoms with Crippen LogP contribution in [0.1, 0.15) is 54.0 Å². The van der Waals surface area contributed by atoms with Gasteiger partial charge in [0, 0.05) is 38.3 Å². The first-order valence-electron chi connectivity index (χ1n) is 11.0. The lowest BCUT2D eigenvalue weighted by atomic mass is 9.95. The van der Waals surface area contributed by atoms with Gasteiger partial charge in [-0.05, 0) is 58.6 Å². The highest BCUT2D eigenvalue weighted by Crippen LogP contribution is 2.27. The zero-order valence-electron chi connectivity index (χ0n) is 19.4. The van der Waals surface area contributed by atoms with E-state index in [0.29, 0.717) is 17.9 Å². The summed E-state index contributed by atoms with van der Waals surface area (Å²) in [6.07, 6.45) is -0.204. The zero-order chi connectivity index (χ0) is 21.6. The fourth-order valence-corrected chi connectivity index (χ4v) is 3.90. The summed E-state index contributed by atoms with van der Waals surface area (Å²) >= 11 is 0. The summed E-state index contributed by atoms with van der Waals surface area (Å²) in [5, 5.41) is 3.61. The van der Waals surface area contributed by atoms with Gasteiger partial charge in [-0.3, -0.25) is 4.90 Å². The molecule has 0 spiro atoms. The number of likely N-dealkylation sites (tertiary alicyclic amines) is 1. The Morgan fingerprint density at radius 2 is 1.76 bits per heavy atom. The van der Waals surface area contributed by atoms with Gasteiger partial charge in [-0.1, -0.05) is 44.2 Å². The molecule has 0 unspecified atom stereocenters. The third-order valence-electron chi connectivity index (χ3n) is 5.37. The summed E-state index contributed by atoms with van der Waals surface area (Å²) in [7, 11) is 0. The van der Waals surface area contributed by atoms with Crippen LogP contribution in [0.4, 0.5) is 4.79 Å². The maximum atomic E-state index is 12.8. The molecule has 1 aliphatic heterocycles. The van der Waals surface area contributed by atoms with E-state index in [-0.39, 0.29) is 12.1 Å². The highest BCUT2D eigenvalue weighted by Gasteiger charge is 2.36. The van der Waals surface area contributed by atoms with Crippen molar-refractivity contribution in [2.24, 2.45) is 11.8 Å². The molecular weight excluding hydrogens is 362 g/mol. The van der Waals surface area contributed by atoms with Crippen LogP contribution in [0.3, 0.4) is 0 Å². The molecule has 1 fully saturated rings. The minimum atomic E-state index is -0.474. The van der Waals surface area contributed by atoms with Crippen LogP contribution in [0.5, 0.6) is 0 Å². The number of ether oxygens (including phenoxy) is 1. The van der Waals surface area contributed by atoms with E-state index in [2.05, 4.69) is 68.2 Å². The Bertz CT molecular complexity index is 625. The monoisotopic (exact) mass is 403 g/mol. The molecule has 0 radical (unpaired) electrons.